The lowest BCUT2D eigenvalue weighted by Crippen LogP contribution is -2.47. The van der Waals surface area contributed by atoms with Gasteiger partial charge >= 0.3 is 6.18 Å². The highest BCUT2D eigenvalue weighted by Gasteiger charge is 2.34. The van der Waals surface area contributed by atoms with Crippen molar-refractivity contribution >= 4 is 0 Å². The van der Waals surface area contributed by atoms with Crippen LogP contribution in [0.2, 0.25) is 0 Å². The zero-order chi connectivity index (χ0) is 13.0. The van der Waals surface area contributed by atoms with Gasteiger partial charge in [-0.15, -0.1) is 0 Å². The summed E-state index contributed by atoms with van der Waals surface area (Å²) >= 11 is 0. The van der Waals surface area contributed by atoms with Crippen LogP contribution in [-0.2, 0) is 0 Å². The lowest BCUT2D eigenvalue weighted by molar-refractivity contribution is -0.148. The fraction of sp³-hybridized carbons (Fsp3) is 1.00. The largest absolute Gasteiger partial charge is 0.401 e. The molecule has 1 N–H and O–H groups in total. The van der Waals surface area contributed by atoms with Crippen molar-refractivity contribution in [2.45, 2.75) is 39.9 Å². The summed E-state index contributed by atoms with van der Waals surface area (Å²) in [6, 6.07) is 0.176. The smallest absolute Gasteiger partial charge is 0.317 e. The molecule has 16 heavy (non-hydrogen) atoms. The number of halogens is 3. The molecule has 0 aromatic heterocycles. The van der Waals surface area contributed by atoms with Crippen LogP contribution in [0.15, 0.2) is 0 Å². The van der Waals surface area contributed by atoms with E-state index in [-0.39, 0.29) is 11.5 Å². The summed E-state index contributed by atoms with van der Waals surface area (Å²) in [7, 11) is 1.83. The van der Waals surface area contributed by atoms with Gasteiger partial charge in [0.05, 0.1) is 6.54 Å². The van der Waals surface area contributed by atoms with E-state index in [1.165, 1.54) is 4.90 Å². The number of nitrogens with one attached hydrogen (secondary N) is 1. The molecule has 0 saturated carbocycles. The molecule has 1 atom stereocenters. The third-order valence-electron chi connectivity index (χ3n) is 3.09. The van der Waals surface area contributed by atoms with Crippen molar-refractivity contribution < 1.29 is 13.2 Å². The maximum atomic E-state index is 12.3. The second kappa shape index (κ2) is 5.87. The predicted molar refractivity (Wildman–Crippen MR) is 60.5 cm³/mol. The van der Waals surface area contributed by atoms with Crippen LogP contribution >= 0.6 is 0 Å². The van der Waals surface area contributed by atoms with Crippen LogP contribution in [0.1, 0.15) is 27.7 Å². The molecule has 1 unspecified atom stereocenters. The van der Waals surface area contributed by atoms with E-state index >= 15 is 0 Å². The van der Waals surface area contributed by atoms with Gasteiger partial charge in [0.25, 0.3) is 0 Å². The number of hydrogen-bond donors (Lipinski definition) is 1. The Hall–Kier alpha value is -0.290. The zero-order valence-electron chi connectivity index (χ0n) is 10.8. The van der Waals surface area contributed by atoms with Crippen LogP contribution in [0.4, 0.5) is 13.2 Å². The van der Waals surface area contributed by atoms with Crippen molar-refractivity contribution in [1.29, 1.82) is 0 Å². The molecule has 0 aliphatic heterocycles. The van der Waals surface area contributed by atoms with Crippen molar-refractivity contribution in [2.75, 3.05) is 26.7 Å². The summed E-state index contributed by atoms with van der Waals surface area (Å²) in [6.07, 6.45) is -4.12. The monoisotopic (exact) mass is 240 g/mol. The Morgan fingerprint density at radius 1 is 1.19 bits per heavy atom. The molecule has 0 aromatic carbocycles. The van der Waals surface area contributed by atoms with Gasteiger partial charge < -0.3 is 5.32 Å². The maximum Gasteiger partial charge on any atom is 0.401 e. The van der Waals surface area contributed by atoms with Crippen molar-refractivity contribution in [1.82, 2.24) is 10.2 Å². The van der Waals surface area contributed by atoms with Gasteiger partial charge in [0, 0.05) is 12.6 Å². The molecule has 0 fully saturated rings. The van der Waals surface area contributed by atoms with Gasteiger partial charge in [-0.2, -0.15) is 13.2 Å². The van der Waals surface area contributed by atoms with Gasteiger partial charge in [-0.3, -0.25) is 4.90 Å². The third-order valence-corrected chi connectivity index (χ3v) is 3.09. The summed E-state index contributed by atoms with van der Waals surface area (Å²) in [5.41, 5.74) is -0.185. The minimum absolute atomic E-state index is 0.176. The van der Waals surface area contributed by atoms with Crippen LogP contribution in [-0.4, -0.2) is 43.8 Å². The summed E-state index contributed by atoms with van der Waals surface area (Å²) in [4.78, 5) is 1.44. The predicted octanol–water partition coefficient (Wildman–Crippen LogP) is 2.50. The molecule has 5 heteroatoms. The van der Waals surface area contributed by atoms with Crippen molar-refractivity contribution in [3.8, 4) is 0 Å². The summed E-state index contributed by atoms with van der Waals surface area (Å²) < 4.78 is 36.9. The van der Waals surface area contributed by atoms with Gasteiger partial charge in [0.2, 0.25) is 0 Å². The Kier molecular flexibility index (Phi) is 5.76. The average molecular weight is 240 g/mol. The summed E-state index contributed by atoms with van der Waals surface area (Å²) in [5.74, 6) is 0. The molecule has 0 bridgehead atoms. The average Bonchev–Trinajstić information content (AvgIpc) is 2.12. The first-order valence-electron chi connectivity index (χ1n) is 5.58. The second-order valence-electron chi connectivity index (χ2n) is 4.92. The Morgan fingerprint density at radius 2 is 1.69 bits per heavy atom. The van der Waals surface area contributed by atoms with Crippen LogP contribution in [0, 0.1) is 5.41 Å². The molecular weight excluding hydrogens is 217 g/mol. The first kappa shape index (κ1) is 15.7. The van der Waals surface area contributed by atoms with Gasteiger partial charge in [-0.1, -0.05) is 20.8 Å². The molecule has 0 aliphatic carbocycles. The number of rotatable bonds is 6. The molecule has 0 aliphatic rings. The molecular formula is C11H23F3N2. The fourth-order valence-electron chi connectivity index (χ4n) is 1.64. The van der Waals surface area contributed by atoms with E-state index in [4.69, 9.17) is 0 Å². The Morgan fingerprint density at radius 3 is 2.00 bits per heavy atom. The Bertz CT molecular complexity index is 202. The van der Waals surface area contributed by atoms with E-state index in [2.05, 4.69) is 5.32 Å². The second-order valence-corrected chi connectivity index (χ2v) is 4.92. The first-order valence-corrected chi connectivity index (χ1v) is 5.58. The molecule has 0 spiro atoms. The Labute approximate surface area is 96.2 Å². The lowest BCUT2D eigenvalue weighted by Gasteiger charge is -2.36. The fourth-order valence-corrected chi connectivity index (χ4v) is 1.64. The minimum Gasteiger partial charge on any atom is -0.317 e. The van der Waals surface area contributed by atoms with Crippen molar-refractivity contribution in [3.63, 3.8) is 0 Å². The van der Waals surface area contributed by atoms with E-state index in [0.29, 0.717) is 13.1 Å². The van der Waals surface area contributed by atoms with Crippen LogP contribution < -0.4 is 5.32 Å². The van der Waals surface area contributed by atoms with E-state index in [0.717, 1.165) is 0 Å². The van der Waals surface area contributed by atoms with Gasteiger partial charge in [-0.25, -0.2) is 0 Å². The molecule has 0 amide bonds. The SMILES string of the molecule is CCN(CC(F)(F)F)CC(C)(C)C(C)NC. The molecule has 0 rings (SSSR count). The quantitative estimate of drug-likeness (QED) is 0.767. The normalized spacial score (nSPS) is 15.6. The summed E-state index contributed by atoms with van der Waals surface area (Å²) in [5, 5.41) is 3.09. The van der Waals surface area contributed by atoms with E-state index in [9.17, 15) is 13.2 Å². The van der Waals surface area contributed by atoms with Gasteiger partial charge in [0.15, 0.2) is 0 Å². The minimum atomic E-state index is -4.12. The highest BCUT2D eigenvalue weighted by Crippen LogP contribution is 2.24. The highest BCUT2D eigenvalue weighted by atomic mass is 19.4. The molecule has 0 saturated heterocycles. The van der Waals surface area contributed by atoms with Crippen LogP contribution in [0.3, 0.4) is 0 Å². The summed E-state index contributed by atoms with van der Waals surface area (Å²) in [6.45, 7) is 7.72. The van der Waals surface area contributed by atoms with Crippen molar-refractivity contribution in [2.24, 2.45) is 5.41 Å². The van der Waals surface area contributed by atoms with Crippen molar-refractivity contribution in [3.05, 3.63) is 0 Å². The molecule has 0 aromatic rings. The lowest BCUT2D eigenvalue weighted by atomic mass is 9.85. The standard InChI is InChI=1S/C11H23F3N2/c1-6-16(8-11(12,13)14)7-10(3,4)9(2)15-5/h9,15H,6-8H2,1-5H3. The first-order chi connectivity index (χ1) is 7.12. The van der Waals surface area contributed by atoms with Gasteiger partial charge in [0.1, 0.15) is 0 Å². The van der Waals surface area contributed by atoms with Crippen LogP contribution in [0.25, 0.3) is 0 Å². The third kappa shape index (κ3) is 5.70. The van der Waals surface area contributed by atoms with E-state index in [1.807, 2.05) is 27.8 Å². The molecule has 0 radical (unpaired) electrons. The number of alkyl halides is 3. The van der Waals surface area contributed by atoms with E-state index in [1.54, 1.807) is 6.92 Å². The zero-order valence-corrected chi connectivity index (χ0v) is 10.8. The van der Waals surface area contributed by atoms with E-state index < -0.39 is 12.7 Å². The molecule has 98 valence electrons. The maximum absolute atomic E-state index is 12.3. The van der Waals surface area contributed by atoms with Gasteiger partial charge in [-0.05, 0) is 25.9 Å². The van der Waals surface area contributed by atoms with Crippen LogP contribution in [0.5, 0.6) is 0 Å². The number of nitrogens with zero attached hydrogens (tertiary/aromatic N) is 1. The molecule has 0 heterocycles. The molecule has 2 nitrogen and oxygen atoms in total. The topological polar surface area (TPSA) is 15.3 Å². The Balaban J connectivity index is 4.42. The number of hydrogen-bond acceptors (Lipinski definition) is 2. The highest BCUT2D eigenvalue weighted by molar-refractivity contribution is 4.83.